The van der Waals surface area contributed by atoms with Gasteiger partial charge in [-0.25, -0.2) is 9.18 Å². The van der Waals surface area contributed by atoms with Gasteiger partial charge >= 0.3 is 6.03 Å². The number of fused-ring (bicyclic) bond motifs is 1. The van der Waals surface area contributed by atoms with Crippen LogP contribution in [0, 0.1) is 5.82 Å². The minimum atomic E-state index is -0.268. The highest BCUT2D eigenvalue weighted by Crippen LogP contribution is 2.38. The van der Waals surface area contributed by atoms with Crippen molar-refractivity contribution in [3.63, 3.8) is 0 Å². The number of anilines is 1. The first kappa shape index (κ1) is 26.4. The minimum Gasteiger partial charge on any atom is -0.338 e. The fraction of sp³-hybridized carbons (Fsp3) is 0.400. The van der Waals surface area contributed by atoms with Crippen LogP contribution in [0.4, 0.5) is 14.9 Å². The smallest absolute Gasteiger partial charge is 0.322 e. The number of carbonyl (C=O) groups excluding carboxylic acids is 2. The fourth-order valence-electron chi connectivity index (χ4n) is 5.51. The summed E-state index contributed by atoms with van der Waals surface area (Å²) in [4.78, 5) is 33.6. The summed E-state index contributed by atoms with van der Waals surface area (Å²) in [5, 5.41) is 5.08. The molecule has 0 aliphatic carbocycles. The first-order valence-electron chi connectivity index (χ1n) is 13.3. The molecular formula is C30H35FN4O2S. The van der Waals surface area contributed by atoms with E-state index >= 15 is 0 Å². The summed E-state index contributed by atoms with van der Waals surface area (Å²) in [6.07, 6.45) is 0.884. The molecule has 1 fully saturated rings. The lowest BCUT2D eigenvalue weighted by Crippen LogP contribution is -2.58. The molecule has 0 spiro atoms. The van der Waals surface area contributed by atoms with Gasteiger partial charge < -0.3 is 15.1 Å². The largest absolute Gasteiger partial charge is 0.338 e. The second-order valence-corrected chi connectivity index (χ2v) is 11.6. The van der Waals surface area contributed by atoms with Gasteiger partial charge in [0.05, 0.1) is 12.6 Å². The third-order valence-corrected chi connectivity index (χ3v) is 8.63. The van der Waals surface area contributed by atoms with Gasteiger partial charge in [-0.3, -0.25) is 9.69 Å². The first-order chi connectivity index (χ1) is 18.3. The summed E-state index contributed by atoms with van der Waals surface area (Å²) < 4.78 is 14.1. The van der Waals surface area contributed by atoms with E-state index in [1.165, 1.54) is 16.5 Å². The SMILES string of the molecule is CC(C)c1ccc(NC(=O)N2CCN(C(=O)CN3CCc4sccc4[C@@H]3c3cccc(F)c3)C[C@H]2C)cc1. The number of nitrogens with zero attached hydrogens (tertiary/aromatic N) is 3. The normalized spacial score (nSPS) is 19.9. The van der Waals surface area contributed by atoms with Crippen LogP contribution in [-0.4, -0.2) is 65.4 Å². The maximum absolute atomic E-state index is 14.1. The summed E-state index contributed by atoms with van der Waals surface area (Å²) in [5.74, 6) is 0.211. The summed E-state index contributed by atoms with van der Waals surface area (Å²) >= 11 is 1.72. The Balaban J connectivity index is 1.22. The van der Waals surface area contributed by atoms with Crippen LogP contribution in [0.1, 0.15) is 54.3 Å². The van der Waals surface area contributed by atoms with Crippen molar-refractivity contribution in [3.05, 3.63) is 87.4 Å². The molecule has 2 aliphatic rings. The van der Waals surface area contributed by atoms with E-state index in [4.69, 9.17) is 0 Å². The third-order valence-electron chi connectivity index (χ3n) is 7.64. The Bertz CT molecular complexity index is 1290. The Morgan fingerprint density at radius 1 is 1.08 bits per heavy atom. The fourth-order valence-corrected chi connectivity index (χ4v) is 6.42. The van der Waals surface area contributed by atoms with Gasteiger partial charge in [-0.15, -0.1) is 11.3 Å². The molecule has 1 aromatic heterocycles. The molecule has 3 aromatic rings. The van der Waals surface area contributed by atoms with Crippen LogP contribution in [0.3, 0.4) is 0 Å². The average Bonchev–Trinajstić information content (AvgIpc) is 3.37. The van der Waals surface area contributed by atoms with E-state index in [1.54, 1.807) is 28.4 Å². The average molecular weight is 535 g/mol. The second-order valence-electron chi connectivity index (χ2n) is 10.6. The van der Waals surface area contributed by atoms with Gasteiger partial charge in [0, 0.05) is 42.8 Å². The molecule has 6 nitrogen and oxygen atoms in total. The number of hydrogen-bond acceptors (Lipinski definition) is 4. The standard InChI is InChI=1S/C30H35FN4O2S/c1-20(2)22-7-9-25(10-8-22)32-30(37)35-15-14-33(18-21(35)3)28(36)19-34-13-11-27-26(12-16-38-27)29(34)23-5-4-6-24(31)17-23/h4-10,12,16-17,20-21,29H,11,13-15,18-19H2,1-3H3,(H,32,37)/t21-,29+/m1/s1. The van der Waals surface area contributed by atoms with E-state index in [0.717, 1.165) is 29.8 Å². The molecule has 0 radical (unpaired) electrons. The number of benzene rings is 2. The Morgan fingerprint density at radius 3 is 2.58 bits per heavy atom. The summed E-state index contributed by atoms with van der Waals surface area (Å²) in [5.41, 5.74) is 4.03. The Labute approximate surface area is 228 Å². The maximum atomic E-state index is 14.1. The van der Waals surface area contributed by atoms with Crippen LogP contribution in [0.2, 0.25) is 0 Å². The van der Waals surface area contributed by atoms with E-state index in [-0.39, 0.29) is 36.4 Å². The summed E-state index contributed by atoms with van der Waals surface area (Å²) in [6, 6.07) is 16.4. The zero-order chi connectivity index (χ0) is 26.8. The molecule has 2 aromatic carbocycles. The van der Waals surface area contributed by atoms with Crippen LogP contribution >= 0.6 is 11.3 Å². The molecule has 200 valence electrons. The number of nitrogens with one attached hydrogen (secondary N) is 1. The first-order valence-corrected chi connectivity index (χ1v) is 14.2. The van der Waals surface area contributed by atoms with Crippen molar-refractivity contribution in [2.75, 3.05) is 38.0 Å². The van der Waals surface area contributed by atoms with Crippen LogP contribution < -0.4 is 5.32 Å². The Kier molecular flexibility index (Phi) is 7.81. The summed E-state index contributed by atoms with van der Waals surface area (Å²) in [6.45, 7) is 8.72. The monoisotopic (exact) mass is 534 g/mol. The van der Waals surface area contributed by atoms with Crippen molar-refractivity contribution in [2.45, 2.75) is 45.2 Å². The van der Waals surface area contributed by atoms with Crippen molar-refractivity contribution in [1.82, 2.24) is 14.7 Å². The van der Waals surface area contributed by atoms with Gasteiger partial charge in [-0.1, -0.05) is 38.1 Å². The molecule has 0 bridgehead atoms. The molecular weight excluding hydrogens is 499 g/mol. The van der Waals surface area contributed by atoms with E-state index < -0.39 is 0 Å². The lowest BCUT2D eigenvalue weighted by molar-refractivity contribution is -0.135. The molecule has 3 amide bonds. The highest BCUT2D eigenvalue weighted by Gasteiger charge is 2.34. The number of urea groups is 1. The van der Waals surface area contributed by atoms with Crippen molar-refractivity contribution in [1.29, 1.82) is 0 Å². The van der Waals surface area contributed by atoms with Gasteiger partial charge in [0.15, 0.2) is 0 Å². The quantitative estimate of drug-likeness (QED) is 0.455. The lowest BCUT2D eigenvalue weighted by atomic mass is 9.93. The van der Waals surface area contributed by atoms with Gasteiger partial charge in [0.1, 0.15) is 5.82 Å². The number of thiophene rings is 1. The Morgan fingerprint density at radius 2 is 1.87 bits per heavy atom. The summed E-state index contributed by atoms with van der Waals surface area (Å²) in [7, 11) is 0. The van der Waals surface area contributed by atoms with Gasteiger partial charge in [-0.2, -0.15) is 0 Å². The zero-order valence-electron chi connectivity index (χ0n) is 22.2. The number of rotatable bonds is 5. The molecule has 1 N–H and O–H groups in total. The van der Waals surface area contributed by atoms with Crippen molar-refractivity contribution in [3.8, 4) is 0 Å². The van der Waals surface area contributed by atoms with Gasteiger partial charge in [-0.05, 0) is 71.7 Å². The van der Waals surface area contributed by atoms with Crippen LogP contribution in [-0.2, 0) is 11.2 Å². The Hall–Kier alpha value is -3.23. The molecule has 5 rings (SSSR count). The number of hydrogen-bond donors (Lipinski definition) is 1. The number of piperazine rings is 1. The molecule has 8 heteroatoms. The zero-order valence-corrected chi connectivity index (χ0v) is 23.0. The molecule has 2 atom stereocenters. The van der Waals surface area contributed by atoms with E-state index in [2.05, 4.69) is 35.5 Å². The number of halogens is 1. The van der Waals surface area contributed by atoms with E-state index in [9.17, 15) is 14.0 Å². The highest BCUT2D eigenvalue weighted by atomic mass is 32.1. The maximum Gasteiger partial charge on any atom is 0.322 e. The predicted molar refractivity (Wildman–Crippen MR) is 150 cm³/mol. The van der Waals surface area contributed by atoms with Crippen molar-refractivity contribution < 1.29 is 14.0 Å². The molecule has 1 saturated heterocycles. The molecule has 3 heterocycles. The number of amides is 3. The lowest BCUT2D eigenvalue weighted by Gasteiger charge is -2.41. The third kappa shape index (κ3) is 5.61. The van der Waals surface area contributed by atoms with Gasteiger partial charge in [0.2, 0.25) is 5.91 Å². The van der Waals surface area contributed by atoms with Crippen molar-refractivity contribution >= 4 is 29.0 Å². The van der Waals surface area contributed by atoms with Crippen LogP contribution in [0.15, 0.2) is 60.0 Å². The molecule has 0 unspecified atom stereocenters. The molecule has 38 heavy (non-hydrogen) atoms. The molecule has 0 saturated carbocycles. The highest BCUT2D eigenvalue weighted by molar-refractivity contribution is 7.10. The predicted octanol–water partition coefficient (Wildman–Crippen LogP) is 5.72. The van der Waals surface area contributed by atoms with Gasteiger partial charge in [0.25, 0.3) is 0 Å². The van der Waals surface area contributed by atoms with E-state index in [0.29, 0.717) is 25.6 Å². The topological polar surface area (TPSA) is 55.9 Å². The second kappa shape index (κ2) is 11.3. The minimum absolute atomic E-state index is 0.0428. The van der Waals surface area contributed by atoms with Crippen molar-refractivity contribution in [2.24, 2.45) is 0 Å². The number of carbonyl (C=O) groups is 2. The van der Waals surface area contributed by atoms with Crippen LogP contribution in [0.5, 0.6) is 0 Å². The molecule has 2 aliphatic heterocycles. The van der Waals surface area contributed by atoms with E-state index in [1.807, 2.05) is 42.2 Å². The van der Waals surface area contributed by atoms with Crippen LogP contribution in [0.25, 0.3) is 0 Å².